The second-order valence-corrected chi connectivity index (χ2v) is 13.3. The van der Waals surface area contributed by atoms with E-state index in [1.54, 1.807) is 55.8 Å². The second kappa shape index (κ2) is 17.0. The predicted molar refractivity (Wildman–Crippen MR) is 180 cm³/mol. The lowest BCUT2D eigenvalue weighted by molar-refractivity contribution is -0.120. The molecule has 2 heterocycles. The van der Waals surface area contributed by atoms with Crippen LogP contribution in [0.3, 0.4) is 0 Å². The molecule has 47 heavy (non-hydrogen) atoms. The zero-order chi connectivity index (χ0) is 34.1. The first-order valence-corrected chi connectivity index (χ1v) is 17.1. The lowest BCUT2D eigenvalue weighted by Crippen LogP contribution is -2.48. The molecule has 12 nitrogen and oxygen atoms in total. The Bertz CT molecular complexity index is 1340. The number of aliphatic hydroxyl groups is 1. The van der Waals surface area contributed by atoms with E-state index < -0.39 is 12.1 Å². The van der Waals surface area contributed by atoms with Gasteiger partial charge in [-0.3, -0.25) is 9.59 Å². The Morgan fingerprint density at radius 2 is 1.81 bits per heavy atom. The SMILES string of the molecule is Cc1noc(C)c1NC(=O)N(C)C[C@H]1OCCCC[C@H](C)Oc2ccc(NC(=O)C3CCCCC3)cc2C(=O)N([C@H](C)CO)C[C@H]1C. The first kappa shape index (κ1) is 36.2. The molecule has 1 aromatic heterocycles. The smallest absolute Gasteiger partial charge is 0.321 e. The third kappa shape index (κ3) is 9.70. The van der Waals surface area contributed by atoms with Crippen LogP contribution in [0.1, 0.15) is 93.9 Å². The van der Waals surface area contributed by atoms with Crippen molar-refractivity contribution in [3.8, 4) is 5.75 Å². The van der Waals surface area contributed by atoms with Gasteiger partial charge in [0.1, 0.15) is 17.1 Å². The molecule has 4 atom stereocenters. The van der Waals surface area contributed by atoms with Crippen molar-refractivity contribution in [1.82, 2.24) is 15.0 Å². The summed E-state index contributed by atoms with van der Waals surface area (Å²) in [7, 11) is 1.70. The van der Waals surface area contributed by atoms with Gasteiger partial charge in [0.05, 0.1) is 30.4 Å². The van der Waals surface area contributed by atoms with Gasteiger partial charge in [-0.2, -0.15) is 0 Å². The van der Waals surface area contributed by atoms with Crippen LogP contribution in [0.5, 0.6) is 5.75 Å². The van der Waals surface area contributed by atoms with Gasteiger partial charge in [-0.1, -0.05) is 31.3 Å². The molecule has 3 N–H and O–H groups in total. The van der Waals surface area contributed by atoms with E-state index in [1.165, 1.54) is 0 Å². The van der Waals surface area contributed by atoms with Gasteiger partial charge < -0.3 is 39.5 Å². The Morgan fingerprint density at radius 1 is 1.09 bits per heavy atom. The van der Waals surface area contributed by atoms with E-state index in [1.807, 2.05) is 13.8 Å². The summed E-state index contributed by atoms with van der Waals surface area (Å²) in [4.78, 5) is 43.8. The monoisotopic (exact) mass is 655 g/mol. The molecular formula is C35H53N5O7. The van der Waals surface area contributed by atoms with E-state index >= 15 is 0 Å². The highest BCUT2D eigenvalue weighted by molar-refractivity contribution is 6.00. The summed E-state index contributed by atoms with van der Waals surface area (Å²) < 4.78 is 17.9. The lowest BCUT2D eigenvalue weighted by atomic mass is 9.88. The first-order chi connectivity index (χ1) is 22.5. The minimum Gasteiger partial charge on any atom is -0.490 e. The van der Waals surface area contributed by atoms with Crippen LogP contribution >= 0.6 is 0 Å². The number of carbonyl (C=O) groups is 3. The molecule has 1 aliphatic carbocycles. The van der Waals surface area contributed by atoms with Crippen LogP contribution in [0, 0.1) is 25.7 Å². The molecular weight excluding hydrogens is 602 g/mol. The van der Waals surface area contributed by atoms with E-state index in [9.17, 15) is 19.5 Å². The standard InChI is InChI=1S/C35H53N5O7/c1-22-19-40(23(2)21-41)34(43)29-18-28(36-33(42)27-13-8-7-9-14-27)15-16-30(29)46-24(3)12-10-11-17-45-31(22)20-39(6)35(44)37-32-25(4)38-47-26(32)5/h15-16,18,22-24,27,31,41H,7-14,17,19-21H2,1-6H3,(H,36,42)(H,37,44)/t22-,23-,24+,31-/m1/s1. The summed E-state index contributed by atoms with van der Waals surface area (Å²) in [5, 5.41) is 20.1. The summed E-state index contributed by atoms with van der Waals surface area (Å²) in [6, 6.07) is 4.41. The fourth-order valence-corrected chi connectivity index (χ4v) is 6.29. The van der Waals surface area contributed by atoms with Crippen molar-refractivity contribution in [1.29, 1.82) is 0 Å². The molecule has 0 unspecified atom stereocenters. The number of amides is 4. The number of hydrogen-bond donors (Lipinski definition) is 3. The molecule has 2 aliphatic rings. The number of rotatable bonds is 7. The largest absolute Gasteiger partial charge is 0.490 e. The number of aryl methyl sites for hydroxylation is 2. The van der Waals surface area contributed by atoms with Crippen molar-refractivity contribution in [2.45, 2.75) is 104 Å². The van der Waals surface area contributed by atoms with Crippen molar-refractivity contribution in [2.75, 3.05) is 44.0 Å². The number of nitrogens with one attached hydrogen (secondary N) is 2. The van der Waals surface area contributed by atoms with Gasteiger partial charge in [-0.15, -0.1) is 0 Å². The van der Waals surface area contributed by atoms with Crippen LogP contribution in [0.4, 0.5) is 16.2 Å². The fraction of sp³-hybridized carbons (Fsp3) is 0.657. The van der Waals surface area contributed by atoms with E-state index in [0.717, 1.165) is 51.4 Å². The molecule has 0 radical (unpaired) electrons. The number of likely N-dealkylation sites (N-methyl/N-ethyl adjacent to an activating group) is 1. The third-order valence-electron chi connectivity index (χ3n) is 9.36. The van der Waals surface area contributed by atoms with Crippen LogP contribution in [0.15, 0.2) is 22.7 Å². The summed E-state index contributed by atoms with van der Waals surface area (Å²) >= 11 is 0. The molecule has 4 rings (SSSR count). The number of urea groups is 1. The van der Waals surface area contributed by atoms with E-state index in [0.29, 0.717) is 40.7 Å². The number of fused-ring (bicyclic) bond motifs is 1. The maximum Gasteiger partial charge on any atom is 0.321 e. The van der Waals surface area contributed by atoms with Gasteiger partial charge in [0.2, 0.25) is 5.91 Å². The highest BCUT2D eigenvalue weighted by Crippen LogP contribution is 2.30. The Labute approximate surface area is 278 Å². The Hall–Kier alpha value is -3.64. The number of aliphatic hydroxyl groups excluding tert-OH is 1. The highest BCUT2D eigenvalue weighted by atomic mass is 16.5. The molecule has 4 amide bonds. The second-order valence-electron chi connectivity index (χ2n) is 13.3. The average molecular weight is 656 g/mol. The Kier molecular flexibility index (Phi) is 13.1. The van der Waals surface area contributed by atoms with E-state index in [-0.39, 0.29) is 55.5 Å². The molecule has 0 bridgehead atoms. The third-order valence-corrected chi connectivity index (χ3v) is 9.36. The topological polar surface area (TPSA) is 146 Å². The van der Waals surface area contributed by atoms with Crippen LogP contribution < -0.4 is 15.4 Å². The predicted octanol–water partition coefficient (Wildman–Crippen LogP) is 5.77. The Morgan fingerprint density at radius 3 is 2.49 bits per heavy atom. The highest BCUT2D eigenvalue weighted by Gasteiger charge is 2.31. The zero-order valence-corrected chi connectivity index (χ0v) is 28.8. The van der Waals surface area contributed by atoms with Crippen molar-refractivity contribution >= 4 is 29.2 Å². The van der Waals surface area contributed by atoms with Gasteiger partial charge in [0, 0.05) is 44.3 Å². The van der Waals surface area contributed by atoms with Crippen LogP contribution in [-0.2, 0) is 9.53 Å². The minimum absolute atomic E-state index is 0.0241. The lowest BCUT2D eigenvalue weighted by Gasteiger charge is -2.35. The van der Waals surface area contributed by atoms with Gasteiger partial charge in [0.15, 0.2) is 5.76 Å². The summed E-state index contributed by atoms with van der Waals surface area (Å²) in [5.41, 5.74) is 2.01. The van der Waals surface area contributed by atoms with Gasteiger partial charge in [-0.05, 0) is 78.0 Å². The molecule has 1 aliphatic heterocycles. The van der Waals surface area contributed by atoms with Crippen molar-refractivity contribution in [3.63, 3.8) is 0 Å². The number of hydrogen-bond acceptors (Lipinski definition) is 8. The number of nitrogens with zero attached hydrogens (tertiary/aromatic N) is 3. The number of anilines is 2. The van der Waals surface area contributed by atoms with E-state index in [4.69, 9.17) is 14.0 Å². The molecule has 1 saturated carbocycles. The fourth-order valence-electron chi connectivity index (χ4n) is 6.29. The maximum atomic E-state index is 14.4. The van der Waals surface area contributed by atoms with Crippen molar-refractivity contribution in [2.24, 2.45) is 11.8 Å². The van der Waals surface area contributed by atoms with Gasteiger partial charge in [0.25, 0.3) is 5.91 Å². The molecule has 1 fully saturated rings. The molecule has 0 saturated heterocycles. The number of aromatic nitrogens is 1. The van der Waals surface area contributed by atoms with Gasteiger partial charge >= 0.3 is 6.03 Å². The minimum atomic E-state index is -0.509. The normalized spacial score (nSPS) is 22.4. The van der Waals surface area contributed by atoms with Crippen LogP contribution in [-0.4, -0.2) is 89.5 Å². The van der Waals surface area contributed by atoms with Crippen LogP contribution in [0.2, 0.25) is 0 Å². The first-order valence-electron chi connectivity index (χ1n) is 17.1. The van der Waals surface area contributed by atoms with Crippen LogP contribution in [0.25, 0.3) is 0 Å². The quantitative estimate of drug-likeness (QED) is 0.341. The molecule has 2 aromatic rings. The summed E-state index contributed by atoms with van der Waals surface area (Å²) in [6.45, 7) is 10.1. The van der Waals surface area contributed by atoms with Crippen molar-refractivity contribution in [3.05, 3.63) is 35.2 Å². The Balaban J connectivity index is 1.58. The average Bonchev–Trinajstić information content (AvgIpc) is 3.38. The maximum absolute atomic E-state index is 14.4. The molecule has 12 heteroatoms. The zero-order valence-electron chi connectivity index (χ0n) is 28.8. The van der Waals surface area contributed by atoms with Gasteiger partial charge in [-0.25, -0.2) is 4.79 Å². The number of benzene rings is 1. The summed E-state index contributed by atoms with van der Waals surface area (Å²) in [6.07, 6.45) is 6.86. The molecule has 260 valence electrons. The number of ether oxygens (including phenoxy) is 2. The number of carbonyl (C=O) groups excluding carboxylic acids is 3. The molecule has 1 aromatic carbocycles. The van der Waals surface area contributed by atoms with Crippen molar-refractivity contribution < 1.29 is 33.5 Å². The summed E-state index contributed by atoms with van der Waals surface area (Å²) in [5.74, 6) is 0.398. The van der Waals surface area contributed by atoms with E-state index in [2.05, 4.69) is 15.8 Å². The molecule has 0 spiro atoms.